The molecule has 0 saturated heterocycles. The van der Waals surface area contributed by atoms with Crippen LogP contribution < -0.4 is 5.32 Å². The minimum atomic E-state index is -0.470. The summed E-state index contributed by atoms with van der Waals surface area (Å²) in [5, 5.41) is 13.1. The normalized spacial score (nSPS) is 11.1. The number of para-hydroxylation sites is 2. The zero-order valence-corrected chi connectivity index (χ0v) is 16.1. The zero-order chi connectivity index (χ0) is 20.6. The van der Waals surface area contributed by atoms with Gasteiger partial charge in [-0.1, -0.05) is 36.4 Å². The Balaban J connectivity index is 1.88. The molecule has 146 valence electrons. The minimum absolute atomic E-state index is 0.00199. The second kappa shape index (κ2) is 9.38. The molecule has 6 nitrogen and oxygen atoms in total. The van der Waals surface area contributed by atoms with Crippen LogP contribution in [0.2, 0.25) is 0 Å². The maximum absolute atomic E-state index is 12.5. The van der Waals surface area contributed by atoms with Crippen LogP contribution in [0.15, 0.2) is 66.4 Å². The van der Waals surface area contributed by atoms with Crippen molar-refractivity contribution in [2.45, 2.75) is 19.9 Å². The van der Waals surface area contributed by atoms with Gasteiger partial charge in [0, 0.05) is 34.9 Å². The average Bonchev–Trinajstić information content (AvgIpc) is 3.09. The lowest BCUT2D eigenvalue weighted by molar-refractivity contribution is -0.143. The van der Waals surface area contributed by atoms with E-state index in [1.54, 1.807) is 25.1 Å². The van der Waals surface area contributed by atoms with E-state index in [9.17, 15) is 14.9 Å². The lowest BCUT2D eigenvalue weighted by Gasteiger charge is -2.05. The summed E-state index contributed by atoms with van der Waals surface area (Å²) in [5.41, 5.74) is 2.28. The van der Waals surface area contributed by atoms with E-state index in [2.05, 4.69) is 5.32 Å². The fourth-order valence-corrected chi connectivity index (χ4v) is 3.04. The Hall–Kier alpha value is -3.85. The summed E-state index contributed by atoms with van der Waals surface area (Å²) in [6, 6.07) is 18.6. The molecule has 29 heavy (non-hydrogen) atoms. The number of benzene rings is 2. The number of ether oxygens (including phenoxy) is 1. The first-order chi connectivity index (χ1) is 14.1. The molecule has 0 aliphatic heterocycles. The van der Waals surface area contributed by atoms with Gasteiger partial charge in [0.15, 0.2) is 0 Å². The van der Waals surface area contributed by atoms with E-state index in [4.69, 9.17) is 4.74 Å². The molecule has 1 aromatic heterocycles. The summed E-state index contributed by atoms with van der Waals surface area (Å²) in [4.78, 5) is 24.2. The van der Waals surface area contributed by atoms with Crippen LogP contribution in [0.4, 0.5) is 5.69 Å². The molecule has 2 aromatic carbocycles. The molecule has 0 fully saturated rings. The van der Waals surface area contributed by atoms with Gasteiger partial charge >= 0.3 is 5.97 Å². The van der Waals surface area contributed by atoms with Gasteiger partial charge in [-0.05, 0) is 31.2 Å². The molecule has 0 bridgehead atoms. The third-order valence-electron chi connectivity index (χ3n) is 4.38. The van der Waals surface area contributed by atoms with Gasteiger partial charge in [0.1, 0.15) is 11.6 Å². The molecule has 3 rings (SSSR count). The first-order valence-electron chi connectivity index (χ1n) is 9.34. The zero-order valence-electron chi connectivity index (χ0n) is 16.1. The first kappa shape index (κ1) is 19.9. The van der Waals surface area contributed by atoms with E-state index in [0.717, 1.165) is 16.5 Å². The highest BCUT2D eigenvalue weighted by Crippen LogP contribution is 2.24. The Kier molecular flexibility index (Phi) is 6.43. The van der Waals surface area contributed by atoms with Gasteiger partial charge in [-0.25, -0.2) is 0 Å². The van der Waals surface area contributed by atoms with Crippen LogP contribution in [-0.4, -0.2) is 23.1 Å². The fourth-order valence-electron chi connectivity index (χ4n) is 3.04. The third-order valence-corrected chi connectivity index (χ3v) is 4.38. The van der Waals surface area contributed by atoms with Crippen molar-refractivity contribution in [3.8, 4) is 6.07 Å². The third kappa shape index (κ3) is 4.90. The van der Waals surface area contributed by atoms with E-state index in [-0.39, 0.29) is 18.0 Å². The van der Waals surface area contributed by atoms with E-state index in [1.807, 2.05) is 59.3 Å². The number of nitrogens with zero attached hydrogens (tertiary/aromatic N) is 2. The van der Waals surface area contributed by atoms with E-state index >= 15 is 0 Å². The number of fused-ring (bicyclic) bond motifs is 1. The van der Waals surface area contributed by atoms with Crippen LogP contribution in [0, 0.1) is 11.3 Å². The molecule has 0 radical (unpaired) electrons. The van der Waals surface area contributed by atoms with Crippen LogP contribution in [0.25, 0.3) is 17.0 Å². The predicted molar refractivity (Wildman–Crippen MR) is 112 cm³/mol. The Morgan fingerprint density at radius 3 is 2.59 bits per heavy atom. The lowest BCUT2D eigenvalue weighted by atomic mass is 10.1. The van der Waals surface area contributed by atoms with Crippen molar-refractivity contribution >= 4 is 34.5 Å². The number of nitriles is 1. The summed E-state index contributed by atoms with van der Waals surface area (Å²) >= 11 is 0. The van der Waals surface area contributed by atoms with Crippen molar-refractivity contribution in [1.29, 1.82) is 5.26 Å². The smallest absolute Gasteiger partial charge is 0.307 e. The number of aromatic nitrogens is 1. The number of rotatable bonds is 7. The SMILES string of the molecule is CCOC(=O)CCn1cc(/C=C(\C#N)C(=O)Nc2ccccc2)c2ccccc21. The van der Waals surface area contributed by atoms with Gasteiger partial charge in [0.05, 0.1) is 13.0 Å². The van der Waals surface area contributed by atoms with Crippen molar-refractivity contribution in [1.82, 2.24) is 4.57 Å². The number of carbonyl (C=O) groups excluding carboxylic acids is 2. The van der Waals surface area contributed by atoms with Gasteiger partial charge in [-0.2, -0.15) is 5.26 Å². The number of nitrogens with one attached hydrogen (secondary N) is 1. The summed E-state index contributed by atoms with van der Waals surface area (Å²) < 4.78 is 6.93. The summed E-state index contributed by atoms with van der Waals surface area (Å²) in [6.45, 7) is 2.57. The molecule has 0 unspecified atom stereocenters. The van der Waals surface area contributed by atoms with Crippen LogP contribution in [0.1, 0.15) is 18.9 Å². The summed E-state index contributed by atoms with van der Waals surface area (Å²) in [7, 11) is 0. The van der Waals surface area contributed by atoms with Crippen LogP contribution in [0.5, 0.6) is 0 Å². The number of aryl methyl sites for hydroxylation is 1. The molecule has 1 amide bonds. The highest BCUT2D eigenvalue weighted by Gasteiger charge is 2.13. The number of hydrogen-bond acceptors (Lipinski definition) is 4. The Morgan fingerprint density at radius 2 is 1.86 bits per heavy atom. The van der Waals surface area contributed by atoms with Crippen LogP contribution in [0.3, 0.4) is 0 Å². The number of amides is 1. The van der Waals surface area contributed by atoms with Gasteiger partial charge < -0.3 is 14.6 Å². The molecule has 0 saturated carbocycles. The monoisotopic (exact) mass is 387 g/mol. The van der Waals surface area contributed by atoms with Crippen molar-refractivity contribution in [3.05, 3.63) is 71.9 Å². The van der Waals surface area contributed by atoms with Crippen molar-refractivity contribution in [3.63, 3.8) is 0 Å². The van der Waals surface area contributed by atoms with Crippen LogP contribution in [-0.2, 0) is 20.9 Å². The first-order valence-corrected chi connectivity index (χ1v) is 9.34. The summed E-state index contributed by atoms with van der Waals surface area (Å²) in [5.74, 6) is -0.732. The van der Waals surface area contributed by atoms with Crippen molar-refractivity contribution in [2.24, 2.45) is 0 Å². The topological polar surface area (TPSA) is 84.1 Å². The van der Waals surface area contributed by atoms with Gasteiger partial charge in [0.2, 0.25) is 0 Å². The molecule has 3 aromatic rings. The molecule has 1 N–H and O–H groups in total. The molecule has 1 heterocycles. The number of anilines is 1. The van der Waals surface area contributed by atoms with Crippen LogP contribution >= 0.6 is 0 Å². The Labute approximate surface area is 169 Å². The van der Waals surface area contributed by atoms with E-state index in [1.165, 1.54) is 0 Å². The summed E-state index contributed by atoms with van der Waals surface area (Å²) in [6.07, 6.45) is 3.66. The number of hydrogen-bond donors (Lipinski definition) is 1. The number of carbonyl (C=O) groups is 2. The second-order valence-electron chi connectivity index (χ2n) is 6.34. The molecular weight excluding hydrogens is 366 g/mol. The Bertz CT molecular complexity index is 1090. The average molecular weight is 387 g/mol. The van der Waals surface area contributed by atoms with E-state index < -0.39 is 5.91 Å². The maximum Gasteiger partial charge on any atom is 0.307 e. The van der Waals surface area contributed by atoms with Gasteiger partial charge in [-0.15, -0.1) is 0 Å². The molecule has 0 atom stereocenters. The number of esters is 1. The van der Waals surface area contributed by atoms with Crippen molar-refractivity contribution in [2.75, 3.05) is 11.9 Å². The quantitative estimate of drug-likeness (QED) is 0.375. The van der Waals surface area contributed by atoms with Crippen molar-refractivity contribution < 1.29 is 14.3 Å². The molecule has 0 spiro atoms. The van der Waals surface area contributed by atoms with Gasteiger partial charge in [-0.3, -0.25) is 9.59 Å². The predicted octanol–water partition coefficient (Wildman–Crippen LogP) is 4.14. The molecule has 0 aliphatic carbocycles. The largest absolute Gasteiger partial charge is 0.466 e. The Morgan fingerprint density at radius 1 is 1.14 bits per heavy atom. The highest BCUT2D eigenvalue weighted by atomic mass is 16.5. The van der Waals surface area contributed by atoms with E-state index in [0.29, 0.717) is 18.8 Å². The lowest BCUT2D eigenvalue weighted by Crippen LogP contribution is -2.13. The fraction of sp³-hybridized carbons (Fsp3) is 0.174. The molecular formula is C23H21N3O3. The minimum Gasteiger partial charge on any atom is -0.466 e. The molecule has 6 heteroatoms. The highest BCUT2D eigenvalue weighted by molar-refractivity contribution is 6.10. The van der Waals surface area contributed by atoms with Gasteiger partial charge in [0.25, 0.3) is 5.91 Å². The standard InChI is InChI=1S/C23H21N3O3/c1-2-29-22(27)12-13-26-16-18(20-10-6-7-11-21(20)26)14-17(15-24)23(28)25-19-8-4-3-5-9-19/h3-11,14,16H,2,12-13H2,1H3,(H,25,28)/b17-14+. The molecule has 0 aliphatic rings. The maximum atomic E-state index is 12.5. The second-order valence-corrected chi connectivity index (χ2v) is 6.34.